The molecule has 1 fully saturated rings. The van der Waals surface area contributed by atoms with E-state index in [1.165, 1.54) is 12.0 Å². The van der Waals surface area contributed by atoms with Crippen molar-refractivity contribution in [1.29, 1.82) is 0 Å². The molecular weight excluding hydrogens is 272 g/mol. The van der Waals surface area contributed by atoms with Gasteiger partial charge in [-0.2, -0.15) is 0 Å². The lowest BCUT2D eigenvalue weighted by Crippen LogP contribution is -2.50. The van der Waals surface area contributed by atoms with Gasteiger partial charge in [0.15, 0.2) is 0 Å². The number of amides is 1. The minimum Gasteiger partial charge on any atom is -0.340 e. The lowest BCUT2D eigenvalue weighted by atomic mass is 10.0. The zero-order valence-corrected chi connectivity index (χ0v) is 14.1. The number of carbonyl (C=O) groups excluding carboxylic acids is 1. The van der Waals surface area contributed by atoms with Gasteiger partial charge in [-0.15, -0.1) is 0 Å². The molecule has 3 nitrogen and oxygen atoms in total. The first kappa shape index (κ1) is 17.0. The number of rotatable bonds is 7. The molecule has 1 amide bonds. The second kappa shape index (κ2) is 8.94. The van der Waals surface area contributed by atoms with E-state index in [0.29, 0.717) is 5.91 Å². The summed E-state index contributed by atoms with van der Waals surface area (Å²) < 4.78 is 0. The average molecular weight is 302 g/mol. The van der Waals surface area contributed by atoms with Crippen molar-refractivity contribution in [3.63, 3.8) is 0 Å². The Balaban J connectivity index is 1.68. The third kappa shape index (κ3) is 4.84. The molecule has 0 spiro atoms. The standard InChI is InChI=1S/C19H30N2O/c1-3-18(4-2)19(22)21-15-13-20(14-16-21)12-8-11-17-9-6-5-7-10-17/h5-7,9-10,18H,3-4,8,11-16H2,1-2H3. The molecule has 0 saturated carbocycles. The molecule has 0 bridgehead atoms. The molecule has 0 atom stereocenters. The van der Waals surface area contributed by atoms with Crippen molar-refractivity contribution in [2.45, 2.75) is 39.5 Å². The predicted octanol–water partition coefficient (Wildman–Crippen LogP) is 3.20. The van der Waals surface area contributed by atoms with Crippen LogP contribution in [0.2, 0.25) is 0 Å². The molecule has 1 aliphatic rings. The average Bonchev–Trinajstić information content (AvgIpc) is 2.57. The highest BCUT2D eigenvalue weighted by atomic mass is 16.2. The van der Waals surface area contributed by atoms with E-state index in [1.54, 1.807) is 0 Å². The molecule has 0 aromatic heterocycles. The van der Waals surface area contributed by atoms with Crippen LogP contribution in [0.1, 0.15) is 38.7 Å². The molecule has 0 radical (unpaired) electrons. The molecule has 0 aliphatic carbocycles. The summed E-state index contributed by atoms with van der Waals surface area (Å²) in [6, 6.07) is 10.7. The summed E-state index contributed by atoms with van der Waals surface area (Å²) in [5.74, 6) is 0.596. The second-order valence-electron chi connectivity index (χ2n) is 6.27. The van der Waals surface area contributed by atoms with E-state index < -0.39 is 0 Å². The van der Waals surface area contributed by atoms with Crippen LogP contribution < -0.4 is 0 Å². The van der Waals surface area contributed by atoms with Gasteiger partial charge in [-0.25, -0.2) is 0 Å². The third-order valence-corrected chi connectivity index (χ3v) is 4.80. The van der Waals surface area contributed by atoms with E-state index in [2.05, 4.69) is 54.0 Å². The highest BCUT2D eigenvalue weighted by molar-refractivity contribution is 5.78. The summed E-state index contributed by atoms with van der Waals surface area (Å²) in [7, 11) is 0. The van der Waals surface area contributed by atoms with E-state index in [-0.39, 0.29) is 5.92 Å². The fraction of sp³-hybridized carbons (Fsp3) is 0.632. The summed E-state index contributed by atoms with van der Waals surface area (Å²) in [5, 5.41) is 0. The molecule has 3 heteroatoms. The Bertz CT molecular complexity index is 434. The number of aryl methyl sites for hydroxylation is 1. The fourth-order valence-electron chi connectivity index (χ4n) is 3.24. The van der Waals surface area contributed by atoms with E-state index in [4.69, 9.17) is 0 Å². The largest absolute Gasteiger partial charge is 0.340 e. The Kier molecular flexibility index (Phi) is 6.91. The van der Waals surface area contributed by atoms with Crippen molar-refractivity contribution in [3.05, 3.63) is 35.9 Å². The highest BCUT2D eigenvalue weighted by Gasteiger charge is 2.25. The minimum absolute atomic E-state index is 0.227. The zero-order chi connectivity index (χ0) is 15.8. The molecule has 1 heterocycles. The first-order valence-electron chi connectivity index (χ1n) is 8.79. The van der Waals surface area contributed by atoms with E-state index in [1.807, 2.05) is 0 Å². The van der Waals surface area contributed by atoms with Gasteiger partial charge in [-0.3, -0.25) is 9.69 Å². The Hall–Kier alpha value is -1.35. The number of hydrogen-bond acceptors (Lipinski definition) is 2. The first-order chi connectivity index (χ1) is 10.7. The van der Waals surface area contributed by atoms with Crippen LogP contribution in [0.4, 0.5) is 0 Å². The molecule has 0 N–H and O–H groups in total. The van der Waals surface area contributed by atoms with Crippen molar-refractivity contribution < 1.29 is 4.79 Å². The Labute approximate surface area is 135 Å². The SMILES string of the molecule is CCC(CC)C(=O)N1CCN(CCCc2ccccc2)CC1. The van der Waals surface area contributed by atoms with Crippen LogP contribution in [0.25, 0.3) is 0 Å². The lowest BCUT2D eigenvalue weighted by molar-refractivity contribution is -0.137. The number of nitrogens with zero attached hydrogens (tertiary/aromatic N) is 2. The monoisotopic (exact) mass is 302 g/mol. The molecule has 1 aromatic carbocycles. The van der Waals surface area contributed by atoms with Crippen molar-refractivity contribution in [3.8, 4) is 0 Å². The second-order valence-corrected chi connectivity index (χ2v) is 6.27. The van der Waals surface area contributed by atoms with Crippen LogP contribution in [-0.2, 0) is 11.2 Å². The molecule has 122 valence electrons. The van der Waals surface area contributed by atoms with E-state index in [9.17, 15) is 4.79 Å². The molecule has 1 aromatic rings. The van der Waals surface area contributed by atoms with Crippen molar-refractivity contribution in [2.75, 3.05) is 32.7 Å². The van der Waals surface area contributed by atoms with Gasteiger partial charge in [0.05, 0.1) is 0 Å². The molecule has 22 heavy (non-hydrogen) atoms. The smallest absolute Gasteiger partial charge is 0.225 e. The maximum atomic E-state index is 12.4. The van der Waals surface area contributed by atoms with Crippen LogP contribution >= 0.6 is 0 Å². The quantitative estimate of drug-likeness (QED) is 0.772. The van der Waals surface area contributed by atoms with Crippen LogP contribution in [0, 0.1) is 5.92 Å². The minimum atomic E-state index is 0.227. The topological polar surface area (TPSA) is 23.6 Å². The Morgan fingerprint density at radius 3 is 2.27 bits per heavy atom. The van der Waals surface area contributed by atoms with Crippen LogP contribution in [0.15, 0.2) is 30.3 Å². The van der Waals surface area contributed by atoms with Gasteiger partial charge in [0.25, 0.3) is 0 Å². The lowest BCUT2D eigenvalue weighted by Gasteiger charge is -2.36. The molecule has 1 saturated heterocycles. The number of carbonyl (C=O) groups is 1. The first-order valence-corrected chi connectivity index (χ1v) is 8.79. The summed E-state index contributed by atoms with van der Waals surface area (Å²) >= 11 is 0. The molecule has 1 aliphatic heterocycles. The van der Waals surface area contributed by atoms with Crippen molar-refractivity contribution in [2.24, 2.45) is 5.92 Å². The maximum absolute atomic E-state index is 12.4. The number of piperazine rings is 1. The van der Waals surface area contributed by atoms with Gasteiger partial charge in [0, 0.05) is 32.1 Å². The van der Waals surface area contributed by atoms with Gasteiger partial charge in [0.1, 0.15) is 0 Å². The van der Waals surface area contributed by atoms with Gasteiger partial charge in [0.2, 0.25) is 5.91 Å². The number of benzene rings is 1. The molecule has 2 rings (SSSR count). The fourth-order valence-corrected chi connectivity index (χ4v) is 3.24. The summed E-state index contributed by atoms with van der Waals surface area (Å²) in [5.41, 5.74) is 1.42. The normalized spacial score (nSPS) is 16.2. The molecule has 0 unspecified atom stereocenters. The van der Waals surface area contributed by atoms with Crippen molar-refractivity contribution >= 4 is 5.91 Å². The van der Waals surface area contributed by atoms with E-state index in [0.717, 1.165) is 52.0 Å². The Morgan fingerprint density at radius 1 is 1.05 bits per heavy atom. The predicted molar refractivity (Wildman–Crippen MR) is 91.9 cm³/mol. The van der Waals surface area contributed by atoms with Gasteiger partial charge >= 0.3 is 0 Å². The van der Waals surface area contributed by atoms with Crippen molar-refractivity contribution in [1.82, 2.24) is 9.80 Å². The summed E-state index contributed by atoms with van der Waals surface area (Å²) in [6.45, 7) is 9.24. The third-order valence-electron chi connectivity index (χ3n) is 4.80. The molecular formula is C19H30N2O. The summed E-state index contributed by atoms with van der Waals surface area (Å²) in [6.07, 6.45) is 4.28. The maximum Gasteiger partial charge on any atom is 0.225 e. The van der Waals surface area contributed by atoms with Gasteiger partial charge in [-0.05, 0) is 37.8 Å². The van der Waals surface area contributed by atoms with Gasteiger partial charge < -0.3 is 4.90 Å². The van der Waals surface area contributed by atoms with Gasteiger partial charge in [-0.1, -0.05) is 44.2 Å². The van der Waals surface area contributed by atoms with Crippen LogP contribution in [0.5, 0.6) is 0 Å². The summed E-state index contributed by atoms with van der Waals surface area (Å²) in [4.78, 5) is 16.9. The zero-order valence-electron chi connectivity index (χ0n) is 14.1. The highest BCUT2D eigenvalue weighted by Crippen LogP contribution is 2.14. The van der Waals surface area contributed by atoms with Crippen LogP contribution in [-0.4, -0.2) is 48.4 Å². The Morgan fingerprint density at radius 2 is 1.68 bits per heavy atom. The van der Waals surface area contributed by atoms with E-state index >= 15 is 0 Å². The van der Waals surface area contributed by atoms with Crippen LogP contribution in [0.3, 0.4) is 0 Å². The number of hydrogen-bond donors (Lipinski definition) is 0.